The highest BCUT2D eigenvalue weighted by Gasteiger charge is 1.87. The number of rotatable bonds is 4. The smallest absolute Gasteiger partial charge is 0.200 e. The van der Waals surface area contributed by atoms with Gasteiger partial charge in [0.1, 0.15) is 0 Å². The number of nitrogens with one attached hydrogen (secondary N) is 1. The average molecular weight is 148 g/mol. The maximum atomic E-state index is 9.83. The van der Waals surface area contributed by atoms with E-state index in [9.17, 15) is 4.79 Å². The number of hydrogen-bond donors (Lipinski definition) is 1. The van der Waals surface area contributed by atoms with E-state index in [0.29, 0.717) is 13.0 Å². The first-order chi connectivity index (χ1) is 5.43. The Morgan fingerprint density at radius 3 is 2.64 bits per heavy atom. The van der Waals surface area contributed by atoms with Crippen LogP contribution in [0.3, 0.4) is 0 Å². The lowest BCUT2D eigenvalue weighted by atomic mass is 10.3. The topological polar surface area (TPSA) is 29.1 Å². The SMILES string of the molecule is O=[C]CCNc1ccccc1. The number of para-hydroxylation sites is 1. The maximum Gasteiger partial charge on any atom is 0.200 e. The van der Waals surface area contributed by atoms with Crippen LogP contribution in [-0.2, 0) is 4.79 Å². The average Bonchev–Trinajstić information content (AvgIpc) is 2.07. The van der Waals surface area contributed by atoms with Gasteiger partial charge in [0.05, 0.1) is 0 Å². The highest BCUT2D eigenvalue weighted by molar-refractivity contribution is 5.52. The predicted molar refractivity (Wildman–Crippen MR) is 45.2 cm³/mol. The molecule has 0 atom stereocenters. The van der Waals surface area contributed by atoms with Gasteiger partial charge in [0.25, 0.3) is 0 Å². The molecule has 0 fully saturated rings. The third-order valence-corrected chi connectivity index (χ3v) is 1.33. The molecule has 2 nitrogen and oxygen atoms in total. The van der Waals surface area contributed by atoms with E-state index < -0.39 is 0 Å². The summed E-state index contributed by atoms with van der Waals surface area (Å²) in [6.07, 6.45) is 2.26. The van der Waals surface area contributed by atoms with Crippen molar-refractivity contribution in [2.45, 2.75) is 6.42 Å². The minimum absolute atomic E-state index is 0.439. The molecule has 1 radical (unpaired) electrons. The molecule has 0 bridgehead atoms. The molecule has 0 saturated heterocycles. The molecular weight excluding hydrogens is 138 g/mol. The van der Waals surface area contributed by atoms with E-state index in [4.69, 9.17) is 0 Å². The van der Waals surface area contributed by atoms with Crippen molar-refractivity contribution in [1.82, 2.24) is 0 Å². The minimum Gasteiger partial charge on any atom is -0.385 e. The quantitative estimate of drug-likeness (QED) is 0.657. The molecule has 0 saturated carbocycles. The van der Waals surface area contributed by atoms with Gasteiger partial charge in [-0.2, -0.15) is 0 Å². The second kappa shape index (κ2) is 4.50. The minimum atomic E-state index is 0.439. The van der Waals surface area contributed by atoms with Crippen LogP contribution in [0, 0.1) is 0 Å². The zero-order chi connectivity index (χ0) is 7.94. The Labute approximate surface area is 66.2 Å². The molecule has 2 heteroatoms. The van der Waals surface area contributed by atoms with Gasteiger partial charge in [-0.15, -0.1) is 0 Å². The zero-order valence-electron chi connectivity index (χ0n) is 6.21. The van der Waals surface area contributed by atoms with E-state index in [2.05, 4.69) is 5.32 Å². The normalized spacial score (nSPS) is 9.09. The third kappa shape index (κ3) is 2.85. The van der Waals surface area contributed by atoms with Crippen molar-refractivity contribution in [3.63, 3.8) is 0 Å². The molecular formula is C9H10NO. The summed E-state index contributed by atoms with van der Waals surface area (Å²) >= 11 is 0. The summed E-state index contributed by atoms with van der Waals surface area (Å²) < 4.78 is 0. The first kappa shape index (κ1) is 7.79. The predicted octanol–water partition coefficient (Wildman–Crippen LogP) is 1.60. The van der Waals surface area contributed by atoms with Crippen LogP contribution in [0.1, 0.15) is 6.42 Å². The van der Waals surface area contributed by atoms with E-state index in [1.54, 1.807) is 0 Å². The van der Waals surface area contributed by atoms with Crippen molar-refractivity contribution in [2.75, 3.05) is 11.9 Å². The van der Waals surface area contributed by atoms with Crippen molar-refractivity contribution >= 4 is 12.0 Å². The van der Waals surface area contributed by atoms with Crippen LogP contribution in [0.5, 0.6) is 0 Å². The molecule has 1 aromatic rings. The van der Waals surface area contributed by atoms with Crippen LogP contribution in [-0.4, -0.2) is 12.8 Å². The van der Waals surface area contributed by atoms with Crippen LogP contribution in [0.2, 0.25) is 0 Å². The van der Waals surface area contributed by atoms with Gasteiger partial charge >= 0.3 is 0 Å². The Bertz CT molecular complexity index is 208. The first-order valence-electron chi connectivity index (χ1n) is 3.57. The second-order valence-corrected chi connectivity index (χ2v) is 2.19. The molecule has 1 N–H and O–H groups in total. The van der Waals surface area contributed by atoms with E-state index in [1.807, 2.05) is 36.6 Å². The van der Waals surface area contributed by atoms with Gasteiger partial charge in [-0.05, 0) is 12.1 Å². The number of carbonyl (C=O) groups excluding carboxylic acids is 1. The molecule has 0 aliphatic carbocycles. The van der Waals surface area contributed by atoms with Crippen LogP contribution >= 0.6 is 0 Å². The summed E-state index contributed by atoms with van der Waals surface area (Å²) in [5.41, 5.74) is 1.04. The lowest BCUT2D eigenvalue weighted by Crippen LogP contribution is -2.00. The van der Waals surface area contributed by atoms with E-state index in [-0.39, 0.29) is 0 Å². The molecule has 11 heavy (non-hydrogen) atoms. The Balaban J connectivity index is 2.33. The molecule has 0 unspecified atom stereocenters. The fourth-order valence-electron chi connectivity index (χ4n) is 0.814. The number of benzene rings is 1. The highest BCUT2D eigenvalue weighted by atomic mass is 16.1. The molecule has 57 valence electrons. The van der Waals surface area contributed by atoms with Gasteiger partial charge in [0.15, 0.2) is 6.29 Å². The standard InChI is InChI=1S/C9H10NO/c11-8-4-7-10-9-5-2-1-3-6-9/h1-3,5-6,10H,4,7H2. The lowest BCUT2D eigenvalue weighted by molar-refractivity contribution is 0.552. The molecule has 1 rings (SSSR count). The van der Waals surface area contributed by atoms with Crippen molar-refractivity contribution < 1.29 is 4.79 Å². The summed E-state index contributed by atoms with van der Waals surface area (Å²) in [5, 5.41) is 3.08. The molecule has 0 amide bonds. The molecule has 0 spiro atoms. The van der Waals surface area contributed by atoms with Crippen molar-refractivity contribution in [1.29, 1.82) is 0 Å². The van der Waals surface area contributed by atoms with Crippen molar-refractivity contribution in [3.8, 4) is 0 Å². The van der Waals surface area contributed by atoms with Gasteiger partial charge in [0.2, 0.25) is 0 Å². The fourth-order valence-corrected chi connectivity index (χ4v) is 0.814. The Morgan fingerprint density at radius 2 is 2.00 bits per heavy atom. The molecule has 0 aliphatic rings. The van der Waals surface area contributed by atoms with E-state index in [0.717, 1.165) is 5.69 Å². The summed E-state index contributed by atoms with van der Waals surface area (Å²) in [4.78, 5) is 9.83. The van der Waals surface area contributed by atoms with Crippen LogP contribution in [0.25, 0.3) is 0 Å². The molecule has 0 aromatic heterocycles. The Hall–Kier alpha value is -1.31. The van der Waals surface area contributed by atoms with Gasteiger partial charge in [-0.1, -0.05) is 18.2 Å². The van der Waals surface area contributed by atoms with E-state index in [1.165, 1.54) is 0 Å². The van der Waals surface area contributed by atoms with E-state index >= 15 is 0 Å². The number of hydrogen-bond acceptors (Lipinski definition) is 2. The number of anilines is 1. The summed E-state index contributed by atoms with van der Waals surface area (Å²) in [7, 11) is 0. The van der Waals surface area contributed by atoms with Gasteiger partial charge in [-0.25, -0.2) is 0 Å². The van der Waals surface area contributed by atoms with Crippen LogP contribution in [0.4, 0.5) is 5.69 Å². The molecule has 1 aromatic carbocycles. The molecule has 0 aliphatic heterocycles. The monoisotopic (exact) mass is 148 g/mol. The van der Waals surface area contributed by atoms with Gasteiger partial charge in [-0.3, -0.25) is 4.79 Å². The Kier molecular flexibility index (Phi) is 3.19. The summed E-state index contributed by atoms with van der Waals surface area (Å²) in [5.74, 6) is 0. The van der Waals surface area contributed by atoms with Gasteiger partial charge < -0.3 is 5.32 Å². The maximum absolute atomic E-state index is 9.83. The van der Waals surface area contributed by atoms with Crippen LogP contribution in [0.15, 0.2) is 30.3 Å². The highest BCUT2D eigenvalue weighted by Crippen LogP contribution is 2.03. The zero-order valence-corrected chi connectivity index (χ0v) is 6.21. The second-order valence-electron chi connectivity index (χ2n) is 2.19. The summed E-state index contributed by atoms with van der Waals surface area (Å²) in [6.45, 7) is 0.660. The van der Waals surface area contributed by atoms with Crippen molar-refractivity contribution in [3.05, 3.63) is 30.3 Å². The first-order valence-corrected chi connectivity index (χ1v) is 3.57. The molecule has 0 heterocycles. The van der Waals surface area contributed by atoms with Crippen molar-refractivity contribution in [2.24, 2.45) is 0 Å². The fraction of sp³-hybridized carbons (Fsp3) is 0.222. The largest absolute Gasteiger partial charge is 0.385 e. The van der Waals surface area contributed by atoms with Crippen LogP contribution < -0.4 is 5.32 Å². The van der Waals surface area contributed by atoms with Gasteiger partial charge in [0, 0.05) is 18.7 Å². The Morgan fingerprint density at radius 1 is 1.27 bits per heavy atom. The lowest BCUT2D eigenvalue weighted by Gasteiger charge is -2.01. The summed E-state index contributed by atoms with van der Waals surface area (Å²) in [6, 6.07) is 9.78. The third-order valence-electron chi connectivity index (χ3n) is 1.33.